The number of halogens is 3. The molecule has 0 radical (unpaired) electrons. The van der Waals surface area contributed by atoms with Crippen molar-refractivity contribution in [1.82, 2.24) is 0 Å². The lowest BCUT2D eigenvalue weighted by atomic mass is 10.1. The number of rotatable bonds is 6. The molecule has 0 aliphatic rings. The summed E-state index contributed by atoms with van der Waals surface area (Å²) in [6, 6.07) is 10.8. The number of ether oxygens (including phenoxy) is 2. The molecule has 0 unspecified atom stereocenters. The summed E-state index contributed by atoms with van der Waals surface area (Å²) >= 11 is 0. The van der Waals surface area contributed by atoms with Gasteiger partial charge in [-0.3, -0.25) is 0 Å². The Balaban J connectivity index is 2.16. The highest BCUT2D eigenvalue weighted by atomic mass is 19.4. The zero-order chi connectivity index (χ0) is 19.3. The van der Waals surface area contributed by atoms with E-state index in [1.165, 1.54) is 12.1 Å². The number of nitriles is 1. The molecular weight excluding hydrogens is 345 g/mol. The summed E-state index contributed by atoms with van der Waals surface area (Å²) in [5, 5.41) is 8.87. The molecule has 138 valence electrons. The summed E-state index contributed by atoms with van der Waals surface area (Å²) in [6.45, 7) is 0.499. The number of alkyl halides is 3. The van der Waals surface area contributed by atoms with Crippen LogP contribution in [0.5, 0.6) is 11.5 Å². The first-order valence-electron chi connectivity index (χ1n) is 7.83. The molecule has 2 aromatic rings. The Hall–Kier alpha value is -2.88. The van der Waals surface area contributed by atoms with E-state index in [1.54, 1.807) is 38.3 Å². The minimum absolute atomic E-state index is 0.380. The van der Waals surface area contributed by atoms with Crippen LogP contribution in [0.15, 0.2) is 36.4 Å². The molecule has 0 amide bonds. The molecule has 2 aromatic carbocycles. The second-order valence-corrected chi connectivity index (χ2v) is 5.70. The van der Waals surface area contributed by atoms with Gasteiger partial charge in [0.25, 0.3) is 0 Å². The molecule has 0 spiro atoms. The van der Waals surface area contributed by atoms with Gasteiger partial charge in [0.05, 0.1) is 31.4 Å². The molecule has 0 aromatic heterocycles. The smallest absolute Gasteiger partial charge is 0.417 e. The lowest BCUT2D eigenvalue weighted by molar-refractivity contribution is -0.137. The van der Waals surface area contributed by atoms with Crippen molar-refractivity contribution in [1.29, 1.82) is 5.26 Å². The van der Waals surface area contributed by atoms with E-state index < -0.39 is 11.7 Å². The first kappa shape index (κ1) is 19.4. The topological polar surface area (TPSA) is 45.5 Å². The summed E-state index contributed by atoms with van der Waals surface area (Å²) in [7, 11) is 4.81. The van der Waals surface area contributed by atoms with Crippen molar-refractivity contribution in [2.24, 2.45) is 0 Å². The quantitative estimate of drug-likeness (QED) is 0.768. The first-order chi connectivity index (χ1) is 12.3. The zero-order valence-corrected chi connectivity index (χ0v) is 14.7. The van der Waals surface area contributed by atoms with Crippen LogP contribution in [0.4, 0.5) is 18.9 Å². The lowest BCUT2D eigenvalue weighted by Crippen LogP contribution is -2.21. The SMILES string of the molecule is COc1ccc(CCN(C)c2ccc(C#N)c(C(F)(F)F)c2)cc1OC. The van der Waals surface area contributed by atoms with Crippen molar-refractivity contribution < 1.29 is 22.6 Å². The Morgan fingerprint density at radius 3 is 2.31 bits per heavy atom. The zero-order valence-electron chi connectivity index (χ0n) is 14.7. The van der Waals surface area contributed by atoms with Crippen molar-refractivity contribution in [2.75, 3.05) is 32.7 Å². The van der Waals surface area contributed by atoms with E-state index in [0.29, 0.717) is 30.2 Å². The van der Waals surface area contributed by atoms with Crippen LogP contribution in [-0.2, 0) is 12.6 Å². The standard InChI is InChI=1S/C19H19F3N2O2/c1-24(9-8-13-4-7-17(25-2)18(10-13)26-3)15-6-5-14(12-23)16(11-15)19(20,21)22/h4-7,10-11H,8-9H2,1-3H3. The Morgan fingerprint density at radius 2 is 1.73 bits per heavy atom. The molecule has 0 atom stereocenters. The van der Waals surface area contributed by atoms with Crippen molar-refractivity contribution in [3.8, 4) is 17.6 Å². The van der Waals surface area contributed by atoms with Gasteiger partial charge < -0.3 is 14.4 Å². The molecule has 26 heavy (non-hydrogen) atoms. The normalized spacial score (nSPS) is 11.0. The molecule has 0 saturated heterocycles. The van der Waals surface area contributed by atoms with Crippen molar-refractivity contribution in [2.45, 2.75) is 12.6 Å². The fraction of sp³-hybridized carbons (Fsp3) is 0.316. The van der Waals surface area contributed by atoms with Gasteiger partial charge in [-0.15, -0.1) is 0 Å². The number of likely N-dealkylation sites (N-methyl/N-ethyl adjacent to an activating group) is 1. The number of benzene rings is 2. The molecule has 0 aliphatic carbocycles. The molecule has 0 bridgehead atoms. The number of methoxy groups -OCH3 is 2. The van der Waals surface area contributed by atoms with E-state index >= 15 is 0 Å². The van der Waals surface area contributed by atoms with Gasteiger partial charge in [-0.25, -0.2) is 0 Å². The van der Waals surface area contributed by atoms with Crippen LogP contribution in [0.2, 0.25) is 0 Å². The van der Waals surface area contributed by atoms with Gasteiger partial charge in [0.1, 0.15) is 0 Å². The van der Waals surface area contributed by atoms with Crippen LogP contribution in [0, 0.1) is 11.3 Å². The van der Waals surface area contributed by atoms with Crippen LogP contribution >= 0.6 is 0 Å². The molecule has 0 aliphatic heterocycles. The monoisotopic (exact) mass is 364 g/mol. The van der Waals surface area contributed by atoms with Crippen molar-refractivity contribution in [3.63, 3.8) is 0 Å². The molecule has 0 fully saturated rings. The van der Waals surface area contributed by atoms with Crippen LogP contribution in [0.25, 0.3) is 0 Å². The number of nitrogens with zero attached hydrogens (tertiary/aromatic N) is 2. The molecule has 0 heterocycles. The highest BCUT2D eigenvalue weighted by Crippen LogP contribution is 2.34. The van der Waals surface area contributed by atoms with E-state index in [-0.39, 0.29) is 5.56 Å². The summed E-state index contributed by atoms with van der Waals surface area (Å²) in [6.07, 6.45) is -3.95. The highest BCUT2D eigenvalue weighted by molar-refractivity contribution is 5.54. The van der Waals surface area contributed by atoms with Gasteiger partial charge in [0.2, 0.25) is 0 Å². The van der Waals surface area contributed by atoms with E-state index in [1.807, 2.05) is 12.1 Å². The van der Waals surface area contributed by atoms with Crippen LogP contribution in [0.3, 0.4) is 0 Å². The summed E-state index contributed by atoms with van der Waals surface area (Å²) in [5.74, 6) is 1.22. The van der Waals surface area contributed by atoms with Crippen LogP contribution in [-0.4, -0.2) is 27.8 Å². The maximum absolute atomic E-state index is 13.1. The third kappa shape index (κ3) is 4.39. The minimum Gasteiger partial charge on any atom is -0.493 e. The third-order valence-corrected chi connectivity index (χ3v) is 4.05. The Labute approximate surface area is 150 Å². The first-order valence-corrected chi connectivity index (χ1v) is 7.83. The Bertz CT molecular complexity index is 813. The van der Waals surface area contributed by atoms with Gasteiger partial charge in [0.15, 0.2) is 11.5 Å². The minimum atomic E-state index is -4.56. The maximum atomic E-state index is 13.1. The predicted octanol–water partition coefficient (Wildman–Crippen LogP) is 4.27. The molecule has 0 N–H and O–H groups in total. The van der Waals surface area contributed by atoms with E-state index in [4.69, 9.17) is 14.7 Å². The number of anilines is 1. The average molecular weight is 364 g/mol. The van der Waals surface area contributed by atoms with E-state index in [9.17, 15) is 13.2 Å². The number of hydrogen-bond acceptors (Lipinski definition) is 4. The third-order valence-electron chi connectivity index (χ3n) is 4.05. The molecule has 2 rings (SSSR count). The molecular formula is C19H19F3N2O2. The van der Waals surface area contributed by atoms with Gasteiger partial charge in [-0.1, -0.05) is 6.07 Å². The largest absolute Gasteiger partial charge is 0.493 e. The highest BCUT2D eigenvalue weighted by Gasteiger charge is 2.34. The fourth-order valence-electron chi connectivity index (χ4n) is 2.56. The van der Waals surface area contributed by atoms with Gasteiger partial charge in [0, 0.05) is 19.3 Å². The lowest BCUT2D eigenvalue weighted by Gasteiger charge is -2.21. The summed E-state index contributed by atoms with van der Waals surface area (Å²) < 4.78 is 49.7. The summed E-state index contributed by atoms with van der Waals surface area (Å²) in [4.78, 5) is 1.72. The Morgan fingerprint density at radius 1 is 1.04 bits per heavy atom. The van der Waals surface area contributed by atoms with Crippen LogP contribution < -0.4 is 14.4 Å². The molecule has 7 heteroatoms. The van der Waals surface area contributed by atoms with E-state index in [2.05, 4.69) is 0 Å². The number of hydrogen-bond donors (Lipinski definition) is 0. The summed E-state index contributed by atoms with van der Waals surface area (Å²) in [5.41, 5.74) is 0.0704. The van der Waals surface area contributed by atoms with Gasteiger partial charge >= 0.3 is 6.18 Å². The van der Waals surface area contributed by atoms with E-state index in [0.717, 1.165) is 11.6 Å². The predicted molar refractivity (Wildman–Crippen MR) is 92.7 cm³/mol. The maximum Gasteiger partial charge on any atom is 0.417 e. The molecule has 0 saturated carbocycles. The fourth-order valence-corrected chi connectivity index (χ4v) is 2.56. The second kappa shape index (κ2) is 8.00. The van der Waals surface area contributed by atoms with Gasteiger partial charge in [-0.05, 0) is 42.3 Å². The Kier molecular flexibility index (Phi) is 5.98. The second-order valence-electron chi connectivity index (χ2n) is 5.70. The van der Waals surface area contributed by atoms with Gasteiger partial charge in [-0.2, -0.15) is 18.4 Å². The van der Waals surface area contributed by atoms with Crippen molar-refractivity contribution in [3.05, 3.63) is 53.1 Å². The van der Waals surface area contributed by atoms with Crippen molar-refractivity contribution >= 4 is 5.69 Å². The molecule has 4 nitrogen and oxygen atoms in total. The average Bonchev–Trinajstić information content (AvgIpc) is 2.64. The van der Waals surface area contributed by atoms with Crippen LogP contribution in [0.1, 0.15) is 16.7 Å².